The van der Waals surface area contributed by atoms with Crippen molar-refractivity contribution in [2.24, 2.45) is 0 Å². The van der Waals surface area contributed by atoms with E-state index in [2.05, 4.69) is 16.0 Å². The standard InChI is InChI=1S/C31H32FN5O8/c1-4-31(43)19-7-23-28-17(10-37(23)29(41)18(19)11-45-30(31)42)27-21(6-5-16-14(2)20(32)8-22(36-28)26(16)27)35-25(40)12-44-13-34-24(39)9-33-15(3)38/h7-8,21,43H,4-6,9-13H2,1-3H3,(H,33,38)(H,34,39)(H,35,40)/t21-,31-/m0/s1. The number of esters is 1. The van der Waals surface area contributed by atoms with Crippen molar-refractivity contribution >= 4 is 34.6 Å². The van der Waals surface area contributed by atoms with E-state index >= 15 is 4.39 Å². The molecule has 45 heavy (non-hydrogen) atoms. The molecule has 236 valence electrons. The minimum atomic E-state index is -1.99. The van der Waals surface area contributed by atoms with Crippen LogP contribution in [-0.4, -0.2) is 58.2 Å². The van der Waals surface area contributed by atoms with Crippen molar-refractivity contribution in [1.29, 1.82) is 0 Å². The average molecular weight is 622 g/mol. The van der Waals surface area contributed by atoms with E-state index in [1.165, 1.54) is 17.6 Å². The molecule has 2 aliphatic heterocycles. The molecule has 1 aliphatic carbocycles. The Labute approximate surface area is 256 Å². The second kappa shape index (κ2) is 11.3. The molecule has 0 unspecified atom stereocenters. The topological polar surface area (TPSA) is 178 Å². The van der Waals surface area contributed by atoms with Crippen LogP contribution in [0.3, 0.4) is 0 Å². The number of benzene rings is 1. The highest BCUT2D eigenvalue weighted by atomic mass is 19.1. The quantitative estimate of drug-likeness (QED) is 0.126. The number of hydrogen-bond acceptors (Lipinski definition) is 9. The summed E-state index contributed by atoms with van der Waals surface area (Å²) in [4.78, 5) is 66.8. The molecule has 0 bridgehead atoms. The first kappa shape index (κ1) is 30.3. The number of hydrogen-bond donors (Lipinski definition) is 4. The Bertz CT molecular complexity index is 1870. The second-order valence-corrected chi connectivity index (χ2v) is 11.5. The van der Waals surface area contributed by atoms with E-state index in [4.69, 9.17) is 14.5 Å². The predicted octanol–water partition coefficient (Wildman–Crippen LogP) is 0.857. The van der Waals surface area contributed by atoms with Crippen molar-refractivity contribution < 1.29 is 38.1 Å². The van der Waals surface area contributed by atoms with Crippen LogP contribution >= 0.6 is 0 Å². The van der Waals surface area contributed by atoms with Gasteiger partial charge < -0.3 is 35.1 Å². The normalized spacial score (nSPS) is 19.3. The number of carbonyl (C=O) groups excluding carboxylic acids is 4. The van der Waals surface area contributed by atoms with Gasteiger partial charge in [-0.1, -0.05) is 6.92 Å². The summed E-state index contributed by atoms with van der Waals surface area (Å²) in [5.41, 5.74) is 1.74. The summed E-state index contributed by atoms with van der Waals surface area (Å²) < 4.78 is 27.1. The zero-order valence-corrected chi connectivity index (χ0v) is 25.0. The van der Waals surface area contributed by atoms with Gasteiger partial charge in [-0.15, -0.1) is 0 Å². The third-order valence-electron chi connectivity index (χ3n) is 8.82. The Balaban J connectivity index is 1.35. The lowest BCUT2D eigenvalue weighted by Crippen LogP contribution is -2.44. The largest absolute Gasteiger partial charge is 0.458 e. The molecular formula is C31H32FN5O8. The highest BCUT2D eigenvalue weighted by molar-refractivity contribution is 5.94. The summed E-state index contributed by atoms with van der Waals surface area (Å²) >= 11 is 0. The van der Waals surface area contributed by atoms with Crippen molar-refractivity contribution in [3.8, 4) is 11.4 Å². The van der Waals surface area contributed by atoms with Crippen LogP contribution in [0.1, 0.15) is 66.1 Å². The van der Waals surface area contributed by atoms with Gasteiger partial charge in [-0.3, -0.25) is 19.2 Å². The Morgan fingerprint density at radius 2 is 1.96 bits per heavy atom. The molecule has 3 aromatic rings. The van der Waals surface area contributed by atoms with Gasteiger partial charge in [-0.25, -0.2) is 14.2 Å². The van der Waals surface area contributed by atoms with E-state index in [0.29, 0.717) is 46.3 Å². The molecule has 13 nitrogen and oxygen atoms in total. The van der Waals surface area contributed by atoms with Gasteiger partial charge in [0.05, 0.1) is 41.6 Å². The summed E-state index contributed by atoms with van der Waals surface area (Å²) in [6.45, 7) is 3.63. The predicted molar refractivity (Wildman–Crippen MR) is 156 cm³/mol. The maximum atomic E-state index is 15.1. The molecule has 2 atom stereocenters. The number of aryl methyl sites for hydroxylation is 1. The van der Waals surface area contributed by atoms with Crippen LogP contribution in [0.2, 0.25) is 0 Å². The minimum Gasteiger partial charge on any atom is -0.458 e. The number of cyclic esters (lactones) is 1. The SMILES string of the molecule is CC[C@@]1(O)C(=O)OCc2c1cc1n(c2=O)Cc2c-1nc1cc(F)c(C)c3c1c2[C@@H](NC(=O)COCNC(=O)CNC(C)=O)CC3. The van der Waals surface area contributed by atoms with E-state index in [1.807, 2.05) is 0 Å². The molecule has 2 aromatic heterocycles. The molecule has 0 fully saturated rings. The smallest absolute Gasteiger partial charge is 0.343 e. The molecule has 0 spiro atoms. The Morgan fingerprint density at radius 1 is 1.18 bits per heavy atom. The average Bonchev–Trinajstić information content (AvgIpc) is 3.38. The molecule has 0 radical (unpaired) electrons. The number of halogens is 1. The zero-order chi connectivity index (χ0) is 32.2. The number of nitrogens with zero attached hydrogens (tertiary/aromatic N) is 2. The minimum absolute atomic E-state index is 0.00596. The molecule has 3 amide bonds. The number of fused-ring (bicyclic) bond motifs is 5. The van der Waals surface area contributed by atoms with Crippen LogP contribution in [0.5, 0.6) is 0 Å². The van der Waals surface area contributed by atoms with Gasteiger partial charge in [0.25, 0.3) is 5.56 Å². The fourth-order valence-electron chi connectivity index (χ4n) is 6.48. The Morgan fingerprint density at radius 3 is 2.69 bits per heavy atom. The highest BCUT2D eigenvalue weighted by Gasteiger charge is 2.46. The van der Waals surface area contributed by atoms with Crippen molar-refractivity contribution in [3.05, 3.63) is 61.7 Å². The zero-order valence-electron chi connectivity index (χ0n) is 25.0. The van der Waals surface area contributed by atoms with Crippen LogP contribution in [-0.2, 0) is 53.8 Å². The third-order valence-corrected chi connectivity index (χ3v) is 8.82. The van der Waals surface area contributed by atoms with Crippen molar-refractivity contribution in [2.45, 2.75) is 64.8 Å². The second-order valence-electron chi connectivity index (χ2n) is 11.5. The summed E-state index contributed by atoms with van der Waals surface area (Å²) in [6.07, 6.45) is 0.915. The highest BCUT2D eigenvalue weighted by Crippen LogP contribution is 2.45. The van der Waals surface area contributed by atoms with E-state index in [-0.39, 0.29) is 56.5 Å². The van der Waals surface area contributed by atoms with Gasteiger partial charge in [0.15, 0.2) is 5.60 Å². The first-order valence-electron chi connectivity index (χ1n) is 14.6. The van der Waals surface area contributed by atoms with Gasteiger partial charge in [0, 0.05) is 29.5 Å². The third kappa shape index (κ3) is 5.03. The number of nitrogens with one attached hydrogen (secondary N) is 3. The summed E-state index contributed by atoms with van der Waals surface area (Å²) in [5.74, 6) is -2.54. The number of carbonyl (C=O) groups is 4. The Kier molecular flexibility index (Phi) is 7.65. The van der Waals surface area contributed by atoms with Gasteiger partial charge in [-0.05, 0) is 48.9 Å². The number of aromatic nitrogens is 2. The maximum absolute atomic E-state index is 15.1. The van der Waals surface area contributed by atoms with E-state index < -0.39 is 40.8 Å². The van der Waals surface area contributed by atoms with Gasteiger partial charge in [0.2, 0.25) is 17.7 Å². The molecule has 1 aromatic carbocycles. The fraction of sp³-hybridized carbons (Fsp3) is 0.419. The number of ether oxygens (including phenoxy) is 2. The van der Waals surface area contributed by atoms with E-state index in [1.54, 1.807) is 19.9 Å². The molecule has 14 heteroatoms. The maximum Gasteiger partial charge on any atom is 0.343 e. The molecule has 4 N–H and O–H groups in total. The molecule has 6 rings (SSSR count). The first-order valence-corrected chi connectivity index (χ1v) is 14.6. The summed E-state index contributed by atoms with van der Waals surface area (Å²) in [7, 11) is 0. The monoisotopic (exact) mass is 621 g/mol. The van der Waals surface area contributed by atoms with E-state index in [9.17, 15) is 29.1 Å². The lowest BCUT2D eigenvalue weighted by atomic mass is 9.81. The van der Waals surface area contributed by atoms with Crippen LogP contribution in [0.25, 0.3) is 22.3 Å². The van der Waals surface area contributed by atoms with Crippen LogP contribution in [0, 0.1) is 12.7 Å². The lowest BCUT2D eigenvalue weighted by molar-refractivity contribution is -0.172. The molecule has 4 heterocycles. The van der Waals surface area contributed by atoms with Crippen LogP contribution in [0.15, 0.2) is 16.9 Å². The molecule has 0 saturated carbocycles. The number of aliphatic hydroxyl groups is 1. The Hall–Kier alpha value is -4.69. The van der Waals surface area contributed by atoms with Gasteiger partial charge in [-0.2, -0.15) is 0 Å². The fourth-order valence-corrected chi connectivity index (χ4v) is 6.48. The molecular weight excluding hydrogens is 589 g/mol. The van der Waals surface area contributed by atoms with Crippen molar-refractivity contribution in [2.75, 3.05) is 19.9 Å². The van der Waals surface area contributed by atoms with Crippen LogP contribution < -0.4 is 21.5 Å². The van der Waals surface area contributed by atoms with Gasteiger partial charge >= 0.3 is 5.97 Å². The van der Waals surface area contributed by atoms with E-state index in [0.717, 1.165) is 11.1 Å². The summed E-state index contributed by atoms with van der Waals surface area (Å²) in [6, 6.07) is 2.41. The molecule has 3 aliphatic rings. The number of rotatable bonds is 8. The first-order chi connectivity index (χ1) is 21.4. The number of pyridine rings is 2. The number of amides is 3. The van der Waals surface area contributed by atoms with Gasteiger partial charge in [0.1, 0.15) is 25.8 Å². The van der Waals surface area contributed by atoms with Crippen molar-refractivity contribution in [1.82, 2.24) is 25.5 Å². The summed E-state index contributed by atoms with van der Waals surface area (Å²) in [5, 5.41) is 19.7. The van der Waals surface area contributed by atoms with Crippen molar-refractivity contribution in [3.63, 3.8) is 0 Å². The van der Waals surface area contributed by atoms with Crippen LogP contribution in [0.4, 0.5) is 4.39 Å². The lowest BCUT2D eigenvalue weighted by Gasteiger charge is -2.31. The molecule has 0 saturated heterocycles.